The van der Waals surface area contributed by atoms with Crippen LogP contribution in [-0.4, -0.2) is 41.9 Å². The summed E-state index contributed by atoms with van der Waals surface area (Å²) in [5, 5.41) is 0. The van der Waals surface area contributed by atoms with Gasteiger partial charge in [-0.1, -0.05) is 17.7 Å². The van der Waals surface area contributed by atoms with E-state index in [9.17, 15) is 9.59 Å². The van der Waals surface area contributed by atoms with Gasteiger partial charge in [-0.15, -0.1) is 0 Å². The minimum absolute atomic E-state index is 0.0250. The van der Waals surface area contributed by atoms with E-state index in [1.54, 1.807) is 0 Å². The molecule has 4 rings (SSSR count). The molecule has 0 aliphatic carbocycles. The Labute approximate surface area is 171 Å². The predicted molar refractivity (Wildman–Crippen MR) is 111 cm³/mol. The third-order valence-corrected chi connectivity index (χ3v) is 6.12. The van der Waals surface area contributed by atoms with E-state index in [0.717, 1.165) is 16.7 Å². The van der Waals surface area contributed by atoms with Crippen molar-refractivity contribution >= 4 is 11.7 Å². The van der Waals surface area contributed by atoms with Crippen LogP contribution >= 0.6 is 0 Å². The molecule has 1 spiro atoms. The Balaban J connectivity index is 1.37. The van der Waals surface area contributed by atoms with E-state index in [4.69, 9.17) is 9.47 Å². The zero-order valence-corrected chi connectivity index (χ0v) is 17.3. The molecule has 29 heavy (non-hydrogen) atoms. The number of likely N-dealkylation sites (tertiary alicyclic amines) is 1. The molecule has 0 atom stereocenters. The average molecular weight is 393 g/mol. The Kier molecular flexibility index (Phi) is 5.07. The third kappa shape index (κ3) is 4.00. The standard InChI is InChI=1S/C24H27NO4/c1-16-4-6-19(7-5-16)28-15-23(27)25-10-8-24(9-11-25)14-21(26)20-12-17(2)18(3)13-22(20)29-24/h4-7,12-13H,8-11,14-15H2,1-3H3. The SMILES string of the molecule is Cc1ccc(OCC(=O)N2CCC3(CC2)CC(=O)c2cc(C)c(C)cc2O3)cc1. The normalized spacial score (nSPS) is 17.6. The number of fused-ring (bicyclic) bond motifs is 1. The summed E-state index contributed by atoms with van der Waals surface area (Å²) in [7, 11) is 0. The molecule has 5 heteroatoms. The summed E-state index contributed by atoms with van der Waals surface area (Å²) in [5.41, 5.74) is 3.56. The number of piperidine rings is 1. The second-order valence-electron chi connectivity index (χ2n) is 8.30. The van der Waals surface area contributed by atoms with Gasteiger partial charge in [-0.05, 0) is 56.2 Å². The van der Waals surface area contributed by atoms with Gasteiger partial charge in [-0.25, -0.2) is 0 Å². The fourth-order valence-corrected chi connectivity index (χ4v) is 4.06. The summed E-state index contributed by atoms with van der Waals surface area (Å²) in [5.74, 6) is 1.49. The summed E-state index contributed by atoms with van der Waals surface area (Å²) in [4.78, 5) is 27.1. The first-order valence-corrected chi connectivity index (χ1v) is 10.2. The smallest absolute Gasteiger partial charge is 0.260 e. The lowest BCUT2D eigenvalue weighted by atomic mass is 9.82. The van der Waals surface area contributed by atoms with Crippen LogP contribution in [0.15, 0.2) is 36.4 Å². The maximum absolute atomic E-state index is 12.7. The zero-order valence-electron chi connectivity index (χ0n) is 17.3. The van der Waals surface area contributed by atoms with Gasteiger partial charge in [0.15, 0.2) is 12.4 Å². The van der Waals surface area contributed by atoms with Crippen LogP contribution in [0.4, 0.5) is 0 Å². The maximum atomic E-state index is 12.7. The number of nitrogens with zero attached hydrogens (tertiary/aromatic N) is 1. The number of hydrogen-bond donors (Lipinski definition) is 0. The van der Waals surface area contributed by atoms with Gasteiger partial charge in [-0.2, -0.15) is 0 Å². The molecule has 0 N–H and O–H groups in total. The molecule has 0 radical (unpaired) electrons. The van der Waals surface area contributed by atoms with E-state index in [-0.39, 0.29) is 18.3 Å². The second kappa shape index (κ2) is 7.54. The Hall–Kier alpha value is -2.82. The summed E-state index contributed by atoms with van der Waals surface area (Å²) < 4.78 is 12.0. The first-order chi connectivity index (χ1) is 13.8. The fraction of sp³-hybridized carbons (Fsp3) is 0.417. The molecule has 1 fully saturated rings. The molecule has 152 valence electrons. The van der Waals surface area contributed by atoms with Gasteiger partial charge >= 0.3 is 0 Å². The Bertz CT molecular complexity index is 940. The van der Waals surface area contributed by atoms with Crippen LogP contribution in [0.5, 0.6) is 11.5 Å². The van der Waals surface area contributed by atoms with Crippen molar-refractivity contribution in [2.24, 2.45) is 0 Å². The quantitative estimate of drug-likeness (QED) is 0.790. The molecule has 2 aliphatic heterocycles. The van der Waals surface area contributed by atoms with E-state index in [2.05, 4.69) is 0 Å². The van der Waals surface area contributed by atoms with Crippen LogP contribution in [0.3, 0.4) is 0 Å². The Morgan fingerprint density at radius 2 is 1.72 bits per heavy atom. The number of rotatable bonds is 3. The van der Waals surface area contributed by atoms with Gasteiger partial charge in [-0.3, -0.25) is 9.59 Å². The number of aryl methyl sites for hydroxylation is 3. The van der Waals surface area contributed by atoms with Crippen molar-refractivity contribution in [2.45, 2.75) is 45.6 Å². The predicted octanol–water partition coefficient (Wildman–Crippen LogP) is 4.02. The lowest BCUT2D eigenvalue weighted by molar-refractivity contribution is -0.136. The molecule has 2 aliphatic rings. The highest BCUT2D eigenvalue weighted by Crippen LogP contribution is 2.40. The van der Waals surface area contributed by atoms with E-state index in [1.807, 2.05) is 62.1 Å². The van der Waals surface area contributed by atoms with Crippen LogP contribution in [0.2, 0.25) is 0 Å². The minimum Gasteiger partial charge on any atom is -0.486 e. The van der Waals surface area contributed by atoms with Crippen LogP contribution in [0.1, 0.15) is 46.3 Å². The summed E-state index contributed by atoms with van der Waals surface area (Å²) in [6.45, 7) is 7.22. The van der Waals surface area contributed by atoms with Crippen molar-refractivity contribution < 1.29 is 19.1 Å². The Morgan fingerprint density at radius 1 is 1.07 bits per heavy atom. The molecule has 0 bridgehead atoms. The summed E-state index contributed by atoms with van der Waals surface area (Å²) >= 11 is 0. The van der Waals surface area contributed by atoms with E-state index in [0.29, 0.717) is 49.4 Å². The van der Waals surface area contributed by atoms with Crippen molar-refractivity contribution in [2.75, 3.05) is 19.7 Å². The van der Waals surface area contributed by atoms with Crippen molar-refractivity contribution in [1.29, 1.82) is 0 Å². The van der Waals surface area contributed by atoms with Crippen LogP contribution in [0, 0.1) is 20.8 Å². The van der Waals surface area contributed by atoms with E-state index in [1.165, 1.54) is 0 Å². The molecule has 5 nitrogen and oxygen atoms in total. The molecule has 0 aromatic heterocycles. The number of carbonyl (C=O) groups is 2. The summed E-state index contributed by atoms with van der Waals surface area (Å²) in [6, 6.07) is 11.6. The number of Topliss-reactive ketones (excluding diaryl/α,β-unsaturated/α-hetero) is 1. The number of hydrogen-bond acceptors (Lipinski definition) is 4. The molecule has 0 saturated carbocycles. The van der Waals surface area contributed by atoms with Crippen molar-refractivity contribution in [3.8, 4) is 11.5 Å². The average Bonchev–Trinajstić information content (AvgIpc) is 2.69. The van der Waals surface area contributed by atoms with Gasteiger partial charge in [0.05, 0.1) is 12.0 Å². The highest BCUT2D eigenvalue weighted by atomic mass is 16.5. The van der Waals surface area contributed by atoms with Crippen LogP contribution in [0.25, 0.3) is 0 Å². The fourth-order valence-electron chi connectivity index (χ4n) is 4.06. The van der Waals surface area contributed by atoms with E-state index >= 15 is 0 Å². The van der Waals surface area contributed by atoms with Gasteiger partial charge in [0.2, 0.25) is 0 Å². The topological polar surface area (TPSA) is 55.8 Å². The molecule has 2 aromatic carbocycles. The number of ketones is 1. The number of carbonyl (C=O) groups excluding carboxylic acids is 2. The third-order valence-electron chi connectivity index (χ3n) is 6.12. The van der Waals surface area contributed by atoms with Crippen molar-refractivity contribution in [3.63, 3.8) is 0 Å². The van der Waals surface area contributed by atoms with Gasteiger partial charge in [0.25, 0.3) is 5.91 Å². The molecule has 2 heterocycles. The number of amides is 1. The monoisotopic (exact) mass is 393 g/mol. The lowest BCUT2D eigenvalue weighted by Crippen LogP contribution is -2.53. The zero-order chi connectivity index (χ0) is 20.6. The molecule has 2 aromatic rings. The highest BCUT2D eigenvalue weighted by Gasteiger charge is 2.43. The van der Waals surface area contributed by atoms with E-state index < -0.39 is 5.60 Å². The molecule has 1 amide bonds. The largest absolute Gasteiger partial charge is 0.486 e. The molecule has 0 unspecified atom stereocenters. The number of benzene rings is 2. The van der Waals surface area contributed by atoms with Gasteiger partial charge < -0.3 is 14.4 Å². The highest BCUT2D eigenvalue weighted by molar-refractivity contribution is 6.00. The minimum atomic E-state index is -0.500. The van der Waals surface area contributed by atoms with Gasteiger partial charge in [0.1, 0.15) is 17.1 Å². The van der Waals surface area contributed by atoms with Crippen LogP contribution < -0.4 is 9.47 Å². The van der Waals surface area contributed by atoms with Crippen molar-refractivity contribution in [3.05, 3.63) is 58.7 Å². The maximum Gasteiger partial charge on any atom is 0.260 e. The molecule has 1 saturated heterocycles. The lowest BCUT2D eigenvalue weighted by Gasteiger charge is -2.44. The molecular formula is C24H27NO4. The second-order valence-corrected chi connectivity index (χ2v) is 8.30. The number of ether oxygens (including phenoxy) is 2. The first-order valence-electron chi connectivity index (χ1n) is 10.2. The van der Waals surface area contributed by atoms with Gasteiger partial charge in [0, 0.05) is 25.9 Å². The summed E-state index contributed by atoms with van der Waals surface area (Å²) in [6.07, 6.45) is 1.69. The Morgan fingerprint density at radius 3 is 2.41 bits per heavy atom. The molecular weight excluding hydrogens is 366 g/mol. The van der Waals surface area contributed by atoms with Crippen LogP contribution in [-0.2, 0) is 4.79 Å². The van der Waals surface area contributed by atoms with Crippen molar-refractivity contribution in [1.82, 2.24) is 4.90 Å². The first kappa shape index (κ1) is 19.5.